The fourth-order valence-electron chi connectivity index (χ4n) is 3.30. The lowest BCUT2D eigenvalue weighted by Gasteiger charge is -2.21. The molecule has 3 aromatic rings. The minimum atomic E-state index is -0.242. The second-order valence-corrected chi connectivity index (χ2v) is 7.71. The van der Waals surface area contributed by atoms with Gasteiger partial charge in [0.05, 0.1) is 10.9 Å². The minimum Gasteiger partial charge on any atom is -0.311 e. The predicted octanol–water partition coefficient (Wildman–Crippen LogP) is 3.65. The predicted molar refractivity (Wildman–Crippen MR) is 104 cm³/mol. The first kappa shape index (κ1) is 16.8. The summed E-state index contributed by atoms with van der Waals surface area (Å²) in [6.45, 7) is 4.73. The Balaban J connectivity index is 1.55. The zero-order valence-electron chi connectivity index (χ0n) is 14.8. The first-order valence-electron chi connectivity index (χ1n) is 8.67. The monoisotopic (exact) mass is 364 g/mol. The third kappa shape index (κ3) is 3.01. The van der Waals surface area contributed by atoms with Gasteiger partial charge in [0.1, 0.15) is 6.33 Å². The van der Waals surface area contributed by atoms with E-state index in [1.165, 1.54) is 17.3 Å². The van der Waals surface area contributed by atoms with Crippen molar-refractivity contribution in [2.75, 3.05) is 11.4 Å². The lowest BCUT2D eigenvalue weighted by Crippen LogP contribution is -2.35. The highest BCUT2D eigenvalue weighted by molar-refractivity contribution is 8.00. The number of rotatable bonds is 4. The zero-order valence-corrected chi connectivity index (χ0v) is 15.6. The van der Waals surface area contributed by atoms with Crippen LogP contribution in [-0.2, 0) is 11.2 Å². The number of carbonyl (C=O) groups is 1. The highest BCUT2D eigenvalue weighted by atomic mass is 32.2. The van der Waals surface area contributed by atoms with E-state index in [-0.39, 0.29) is 11.2 Å². The van der Waals surface area contributed by atoms with Gasteiger partial charge in [0.15, 0.2) is 5.16 Å². The van der Waals surface area contributed by atoms with Crippen molar-refractivity contribution in [2.45, 2.75) is 30.7 Å². The van der Waals surface area contributed by atoms with Gasteiger partial charge in [-0.3, -0.25) is 9.36 Å². The van der Waals surface area contributed by atoms with E-state index >= 15 is 0 Å². The quantitative estimate of drug-likeness (QED) is 0.663. The summed E-state index contributed by atoms with van der Waals surface area (Å²) in [6.07, 6.45) is 2.62. The summed E-state index contributed by atoms with van der Waals surface area (Å²) in [5.74, 6) is 0.110. The highest BCUT2D eigenvalue weighted by Crippen LogP contribution is 2.31. The van der Waals surface area contributed by atoms with E-state index in [9.17, 15) is 4.79 Å². The van der Waals surface area contributed by atoms with Crippen molar-refractivity contribution < 1.29 is 4.79 Å². The van der Waals surface area contributed by atoms with Gasteiger partial charge in [-0.15, -0.1) is 10.2 Å². The Hall–Kier alpha value is -2.60. The van der Waals surface area contributed by atoms with Crippen LogP contribution < -0.4 is 4.90 Å². The van der Waals surface area contributed by atoms with Crippen LogP contribution in [0.3, 0.4) is 0 Å². The fourth-order valence-corrected chi connectivity index (χ4v) is 4.20. The number of aryl methyl sites for hydroxylation is 1. The number of hydrogen-bond acceptors (Lipinski definition) is 4. The second kappa shape index (κ2) is 6.96. The molecule has 1 aliphatic rings. The maximum atomic E-state index is 13.0. The van der Waals surface area contributed by atoms with E-state index in [2.05, 4.69) is 29.3 Å². The molecule has 0 saturated heterocycles. The summed E-state index contributed by atoms with van der Waals surface area (Å²) in [5.41, 5.74) is 4.44. The fraction of sp³-hybridized carbons (Fsp3) is 0.250. The van der Waals surface area contributed by atoms with Crippen molar-refractivity contribution >= 4 is 23.4 Å². The molecule has 4 rings (SSSR count). The maximum absolute atomic E-state index is 13.0. The van der Waals surface area contributed by atoms with Gasteiger partial charge in [-0.25, -0.2) is 0 Å². The van der Waals surface area contributed by atoms with Crippen LogP contribution in [0, 0.1) is 6.92 Å². The SMILES string of the molecule is Cc1ccccc1-n1cnnc1S[C@H](C)C(=O)N1CCc2ccccc21. The lowest BCUT2D eigenvalue weighted by molar-refractivity contribution is -0.117. The van der Waals surface area contributed by atoms with E-state index in [1.54, 1.807) is 6.33 Å². The Morgan fingerprint density at radius 2 is 1.85 bits per heavy atom. The van der Waals surface area contributed by atoms with Gasteiger partial charge in [0, 0.05) is 12.2 Å². The molecule has 0 spiro atoms. The standard InChI is InChI=1S/C20H20N4OS/c1-14-7-3-5-9-17(14)24-13-21-22-20(24)26-15(2)19(25)23-12-11-16-8-4-6-10-18(16)23/h3-10,13,15H,11-12H2,1-2H3/t15-/m1/s1. The largest absolute Gasteiger partial charge is 0.311 e. The number of nitrogens with zero attached hydrogens (tertiary/aromatic N) is 4. The summed E-state index contributed by atoms with van der Waals surface area (Å²) in [6, 6.07) is 16.2. The van der Waals surface area contributed by atoms with E-state index < -0.39 is 0 Å². The first-order valence-corrected chi connectivity index (χ1v) is 9.55. The smallest absolute Gasteiger partial charge is 0.240 e. The summed E-state index contributed by atoms with van der Waals surface area (Å²) in [4.78, 5) is 14.9. The number of hydrogen-bond donors (Lipinski definition) is 0. The van der Waals surface area contributed by atoms with E-state index in [4.69, 9.17) is 0 Å². The number of amides is 1. The van der Waals surface area contributed by atoms with Crippen molar-refractivity contribution in [1.82, 2.24) is 14.8 Å². The molecule has 2 aromatic carbocycles. The maximum Gasteiger partial charge on any atom is 0.240 e. The number of fused-ring (bicyclic) bond motifs is 1. The molecule has 0 N–H and O–H groups in total. The zero-order chi connectivity index (χ0) is 18.1. The van der Waals surface area contributed by atoms with Crippen LogP contribution in [-0.4, -0.2) is 32.5 Å². The van der Waals surface area contributed by atoms with Gasteiger partial charge in [-0.2, -0.15) is 0 Å². The van der Waals surface area contributed by atoms with Gasteiger partial charge in [0.25, 0.3) is 0 Å². The van der Waals surface area contributed by atoms with E-state index in [0.717, 1.165) is 35.1 Å². The first-order chi connectivity index (χ1) is 12.6. The number of carbonyl (C=O) groups excluding carboxylic acids is 1. The summed E-state index contributed by atoms with van der Waals surface area (Å²) in [5, 5.41) is 8.77. The molecule has 0 aliphatic carbocycles. The number of aromatic nitrogens is 3. The molecule has 0 saturated carbocycles. The molecular weight excluding hydrogens is 344 g/mol. The van der Waals surface area contributed by atoms with Gasteiger partial charge in [0.2, 0.25) is 5.91 Å². The number of thioether (sulfide) groups is 1. The van der Waals surface area contributed by atoms with Crippen LogP contribution in [0.4, 0.5) is 5.69 Å². The third-order valence-corrected chi connectivity index (χ3v) is 5.72. The molecule has 1 aliphatic heterocycles. The molecule has 0 bridgehead atoms. The molecule has 0 fully saturated rings. The van der Waals surface area contributed by atoms with Gasteiger partial charge in [-0.05, 0) is 43.5 Å². The molecule has 5 nitrogen and oxygen atoms in total. The van der Waals surface area contributed by atoms with E-state index in [0.29, 0.717) is 0 Å². The lowest BCUT2D eigenvalue weighted by atomic mass is 10.2. The van der Waals surface area contributed by atoms with Crippen molar-refractivity contribution in [3.05, 3.63) is 66.0 Å². The molecule has 6 heteroatoms. The van der Waals surface area contributed by atoms with Gasteiger partial charge >= 0.3 is 0 Å². The Morgan fingerprint density at radius 3 is 2.65 bits per heavy atom. The van der Waals surface area contributed by atoms with Crippen LogP contribution in [0.5, 0.6) is 0 Å². The molecule has 1 amide bonds. The summed E-state index contributed by atoms with van der Waals surface area (Å²) < 4.78 is 1.95. The van der Waals surface area contributed by atoms with E-state index in [1.807, 2.05) is 52.8 Å². The minimum absolute atomic E-state index is 0.110. The van der Waals surface area contributed by atoms with Crippen molar-refractivity contribution in [3.63, 3.8) is 0 Å². The Kier molecular flexibility index (Phi) is 4.51. The molecule has 132 valence electrons. The third-order valence-electron chi connectivity index (χ3n) is 4.67. The molecule has 0 radical (unpaired) electrons. The Morgan fingerprint density at radius 1 is 1.12 bits per heavy atom. The highest BCUT2D eigenvalue weighted by Gasteiger charge is 2.29. The Labute approximate surface area is 157 Å². The van der Waals surface area contributed by atoms with Crippen molar-refractivity contribution in [1.29, 1.82) is 0 Å². The topological polar surface area (TPSA) is 51.0 Å². The van der Waals surface area contributed by atoms with Crippen LogP contribution in [0.2, 0.25) is 0 Å². The second-order valence-electron chi connectivity index (χ2n) is 6.40. The number of benzene rings is 2. The van der Waals surface area contributed by atoms with Crippen LogP contribution in [0.1, 0.15) is 18.1 Å². The molecule has 2 heterocycles. The summed E-state index contributed by atoms with van der Waals surface area (Å²) in [7, 11) is 0. The molecule has 1 aromatic heterocycles. The number of anilines is 1. The summed E-state index contributed by atoms with van der Waals surface area (Å²) >= 11 is 1.45. The average molecular weight is 364 g/mol. The molecule has 0 unspecified atom stereocenters. The molecule has 1 atom stereocenters. The van der Waals surface area contributed by atoms with Crippen LogP contribution >= 0.6 is 11.8 Å². The van der Waals surface area contributed by atoms with Crippen molar-refractivity contribution in [2.24, 2.45) is 0 Å². The van der Waals surface area contributed by atoms with Crippen LogP contribution in [0.25, 0.3) is 5.69 Å². The number of para-hydroxylation sites is 2. The molecule has 26 heavy (non-hydrogen) atoms. The average Bonchev–Trinajstić information content (AvgIpc) is 3.28. The normalized spacial score (nSPS) is 14.3. The van der Waals surface area contributed by atoms with Gasteiger partial charge in [-0.1, -0.05) is 48.2 Å². The Bertz CT molecular complexity index is 952. The van der Waals surface area contributed by atoms with Gasteiger partial charge < -0.3 is 4.90 Å². The molecular formula is C20H20N4OS. The van der Waals surface area contributed by atoms with Crippen molar-refractivity contribution in [3.8, 4) is 5.69 Å². The van der Waals surface area contributed by atoms with Crippen LogP contribution in [0.15, 0.2) is 60.0 Å².